The van der Waals surface area contributed by atoms with Gasteiger partial charge >= 0.3 is 5.97 Å². The fourth-order valence-electron chi connectivity index (χ4n) is 3.61. The predicted octanol–water partition coefficient (Wildman–Crippen LogP) is 6.06. The normalized spacial score (nSPS) is 14.5. The zero-order valence-electron chi connectivity index (χ0n) is 17.0. The monoisotopic (exact) mass is 471 g/mol. The Bertz CT molecular complexity index is 931. The van der Waals surface area contributed by atoms with Gasteiger partial charge in [0, 0.05) is 6.42 Å². The molecule has 1 amide bonds. The van der Waals surface area contributed by atoms with Crippen molar-refractivity contribution in [3.8, 4) is 11.5 Å². The first-order chi connectivity index (χ1) is 14.4. The summed E-state index contributed by atoms with van der Waals surface area (Å²) in [4.78, 5) is 23.7. The fourth-order valence-corrected chi connectivity index (χ4v) is 4.19. The maximum absolute atomic E-state index is 12.2. The Hall–Kier alpha value is -2.60. The third kappa shape index (κ3) is 6.46. The van der Waals surface area contributed by atoms with Crippen molar-refractivity contribution >= 4 is 33.9 Å². The first-order valence-electron chi connectivity index (χ1n) is 10.2. The maximum atomic E-state index is 12.2. The van der Waals surface area contributed by atoms with Crippen LogP contribution in [0.5, 0.6) is 11.5 Å². The topological polar surface area (TPSA) is 75.6 Å². The molecule has 0 atom stereocenters. The van der Waals surface area contributed by atoms with Crippen LogP contribution >= 0.6 is 15.9 Å². The molecule has 0 radical (unpaired) electrons. The molecule has 0 aromatic heterocycles. The Morgan fingerprint density at radius 1 is 1.17 bits per heavy atom. The van der Waals surface area contributed by atoms with Crippen LogP contribution in [0.15, 0.2) is 52.6 Å². The number of aliphatic carboxylic acids is 1. The first kappa shape index (κ1) is 22.1. The van der Waals surface area contributed by atoms with Crippen LogP contribution in [-0.2, 0) is 9.59 Å². The molecule has 158 valence electrons. The molecule has 6 heteroatoms. The number of ether oxygens (including phenoxy) is 1. The Morgan fingerprint density at radius 3 is 2.50 bits per heavy atom. The molecule has 0 unspecified atom stereocenters. The van der Waals surface area contributed by atoms with Crippen LogP contribution in [0.3, 0.4) is 0 Å². The van der Waals surface area contributed by atoms with Gasteiger partial charge in [-0.25, -0.2) is 4.79 Å². The average molecular weight is 472 g/mol. The number of rotatable bonds is 8. The highest BCUT2D eigenvalue weighted by Crippen LogP contribution is 2.31. The number of halogens is 1. The lowest BCUT2D eigenvalue weighted by Crippen LogP contribution is -2.27. The molecule has 1 aliphatic carbocycles. The van der Waals surface area contributed by atoms with Crippen molar-refractivity contribution < 1.29 is 19.4 Å². The van der Waals surface area contributed by atoms with E-state index in [1.165, 1.54) is 31.8 Å². The van der Waals surface area contributed by atoms with Crippen molar-refractivity contribution in [1.29, 1.82) is 0 Å². The molecule has 0 saturated heterocycles. The van der Waals surface area contributed by atoms with Gasteiger partial charge in [0.1, 0.15) is 17.2 Å². The largest absolute Gasteiger partial charge is 0.477 e. The molecule has 1 saturated carbocycles. The number of benzene rings is 2. The highest BCUT2D eigenvalue weighted by atomic mass is 79.9. The van der Waals surface area contributed by atoms with Gasteiger partial charge in [0.2, 0.25) is 5.91 Å². The smallest absolute Gasteiger partial charge is 0.352 e. The molecule has 0 spiro atoms. The fraction of sp³-hybridized carbons (Fsp3) is 0.333. The van der Waals surface area contributed by atoms with Gasteiger partial charge in [-0.1, -0.05) is 43.9 Å². The van der Waals surface area contributed by atoms with Gasteiger partial charge in [0.25, 0.3) is 0 Å². The predicted molar refractivity (Wildman–Crippen MR) is 120 cm³/mol. The zero-order chi connectivity index (χ0) is 21.5. The average Bonchev–Trinajstić information content (AvgIpc) is 3.23. The van der Waals surface area contributed by atoms with Crippen molar-refractivity contribution in [2.45, 2.75) is 45.4 Å². The van der Waals surface area contributed by atoms with E-state index < -0.39 is 5.97 Å². The zero-order valence-corrected chi connectivity index (χ0v) is 18.6. The molecule has 30 heavy (non-hydrogen) atoms. The number of nitrogens with one attached hydrogen (secondary N) is 1. The van der Waals surface area contributed by atoms with Gasteiger partial charge in [-0.15, -0.1) is 0 Å². The standard InChI is InChI=1S/C24H26BrNO4/c1-16-6-12-22(20(25)14-16)30-19-10-7-18(8-11-19)15-21(24(28)29)26-23(27)13-9-17-4-2-3-5-17/h6-8,10-12,14-15,17H,2-5,9,13H2,1H3,(H,26,27)(H,28,29). The lowest BCUT2D eigenvalue weighted by molar-refractivity contribution is -0.134. The molecule has 2 aromatic rings. The van der Waals surface area contributed by atoms with Crippen molar-refractivity contribution in [3.05, 3.63) is 63.8 Å². The van der Waals surface area contributed by atoms with E-state index in [9.17, 15) is 14.7 Å². The van der Waals surface area contributed by atoms with Crippen LogP contribution in [0.4, 0.5) is 0 Å². The van der Waals surface area contributed by atoms with Crippen molar-refractivity contribution in [2.75, 3.05) is 0 Å². The number of aryl methyl sites for hydroxylation is 1. The Labute approximate surface area is 185 Å². The van der Waals surface area contributed by atoms with E-state index in [2.05, 4.69) is 21.2 Å². The van der Waals surface area contributed by atoms with Gasteiger partial charge < -0.3 is 15.2 Å². The number of carbonyl (C=O) groups is 2. The second-order valence-corrected chi connectivity index (χ2v) is 8.56. The quantitative estimate of drug-likeness (QED) is 0.458. The summed E-state index contributed by atoms with van der Waals surface area (Å²) in [6.45, 7) is 2.00. The van der Waals surface area contributed by atoms with E-state index >= 15 is 0 Å². The van der Waals surface area contributed by atoms with Crippen LogP contribution in [0.2, 0.25) is 0 Å². The minimum absolute atomic E-state index is 0.124. The Kier molecular flexibility index (Phi) is 7.69. The van der Waals surface area contributed by atoms with Gasteiger partial charge in [-0.05, 0) is 76.7 Å². The second-order valence-electron chi connectivity index (χ2n) is 7.71. The highest BCUT2D eigenvalue weighted by molar-refractivity contribution is 9.10. The molecule has 3 rings (SSSR count). The number of carboxylic acids is 1. The van der Waals surface area contributed by atoms with Gasteiger partial charge in [-0.2, -0.15) is 0 Å². The summed E-state index contributed by atoms with van der Waals surface area (Å²) in [5.41, 5.74) is 1.67. The molecule has 1 fully saturated rings. The number of carbonyl (C=O) groups excluding carboxylic acids is 1. The summed E-state index contributed by atoms with van der Waals surface area (Å²) >= 11 is 3.48. The van der Waals surface area contributed by atoms with Crippen molar-refractivity contribution in [3.63, 3.8) is 0 Å². The molecule has 5 nitrogen and oxygen atoms in total. The van der Waals surface area contributed by atoms with Crippen LogP contribution in [-0.4, -0.2) is 17.0 Å². The molecule has 0 bridgehead atoms. The van der Waals surface area contributed by atoms with E-state index in [1.807, 2.05) is 25.1 Å². The summed E-state index contributed by atoms with van der Waals surface area (Å²) in [6, 6.07) is 12.9. The number of hydrogen-bond donors (Lipinski definition) is 2. The lowest BCUT2D eigenvalue weighted by Gasteiger charge is -2.10. The van der Waals surface area contributed by atoms with Crippen molar-refractivity contribution in [1.82, 2.24) is 5.32 Å². The van der Waals surface area contributed by atoms with Crippen molar-refractivity contribution in [2.24, 2.45) is 5.92 Å². The third-order valence-corrected chi connectivity index (χ3v) is 5.88. The summed E-state index contributed by atoms with van der Waals surface area (Å²) < 4.78 is 6.72. The third-order valence-electron chi connectivity index (χ3n) is 5.27. The summed E-state index contributed by atoms with van der Waals surface area (Å²) in [6.07, 6.45) is 7.43. The van der Waals surface area contributed by atoms with Gasteiger partial charge in [-0.3, -0.25) is 4.79 Å². The molecule has 0 heterocycles. The van der Waals surface area contributed by atoms with Crippen LogP contribution in [0.25, 0.3) is 6.08 Å². The summed E-state index contributed by atoms with van der Waals surface area (Å²) in [7, 11) is 0. The minimum atomic E-state index is -1.16. The van der Waals surface area contributed by atoms with Crippen LogP contribution in [0.1, 0.15) is 49.7 Å². The lowest BCUT2D eigenvalue weighted by atomic mass is 10.0. The van der Waals surface area contributed by atoms with E-state index in [1.54, 1.807) is 24.3 Å². The Balaban J connectivity index is 1.62. The maximum Gasteiger partial charge on any atom is 0.352 e. The molecule has 2 aromatic carbocycles. The minimum Gasteiger partial charge on any atom is -0.477 e. The number of amides is 1. The Morgan fingerprint density at radius 2 is 1.87 bits per heavy atom. The molecule has 1 aliphatic rings. The van der Waals surface area contributed by atoms with Gasteiger partial charge in [0.15, 0.2) is 0 Å². The van der Waals surface area contributed by atoms with E-state index in [-0.39, 0.29) is 11.6 Å². The van der Waals surface area contributed by atoms with Gasteiger partial charge in [0.05, 0.1) is 4.47 Å². The highest BCUT2D eigenvalue weighted by Gasteiger charge is 2.17. The SMILES string of the molecule is Cc1ccc(Oc2ccc(C=C(NC(=O)CCC3CCCC3)C(=O)O)cc2)c(Br)c1. The van der Waals surface area contributed by atoms with Crippen LogP contribution < -0.4 is 10.1 Å². The van der Waals surface area contributed by atoms with E-state index in [0.29, 0.717) is 29.4 Å². The van der Waals surface area contributed by atoms with Crippen LogP contribution in [0, 0.1) is 12.8 Å². The second kappa shape index (κ2) is 10.4. The first-order valence-corrected chi connectivity index (χ1v) is 11.0. The molecule has 0 aliphatic heterocycles. The van der Waals surface area contributed by atoms with E-state index in [4.69, 9.17) is 4.74 Å². The number of hydrogen-bond acceptors (Lipinski definition) is 3. The number of carboxylic acid groups (broad SMARTS) is 1. The summed E-state index contributed by atoms with van der Waals surface area (Å²) in [5, 5.41) is 12.0. The summed E-state index contributed by atoms with van der Waals surface area (Å²) in [5.74, 6) is 0.515. The molecular formula is C24H26BrNO4. The van der Waals surface area contributed by atoms with E-state index in [0.717, 1.165) is 16.5 Å². The molecular weight excluding hydrogens is 446 g/mol. The molecule has 2 N–H and O–H groups in total.